The highest BCUT2D eigenvalue weighted by atomic mass is 16.1. The average molecular weight is 268 g/mol. The summed E-state index contributed by atoms with van der Waals surface area (Å²) in [7, 11) is 0. The molecule has 0 heterocycles. The van der Waals surface area contributed by atoms with E-state index in [1.54, 1.807) is 0 Å². The normalized spacial score (nSPS) is 24.2. The first kappa shape index (κ1) is 16.5. The standard InChI is InChI=1S/C16H32N2O/c1-4-14-6-5-7-15(9-8-14)17-11-10-16(19)18-12-13(2)3/h13-15,17H,4-12H2,1-3H3,(H,18,19). The van der Waals surface area contributed by atoms with Crippen molar-refractivity contribution in [2.24, 2.45) is 11.8 Å². The highest BCUT2D eigenvalue weighted by Crippen LogP contribution is 2.25. The maximum Gasteiger partial charge on any atom is 0.221 e. The smallest absolute Gasteiger partial charge is 0.221 e. The lowest BCUT2D eigenvalue weighted by molar-refractivity contribution is -0.121. The van der Waals surface area contributed by atoms with Gasteiger partial charge in [0.2, 0.25) is 5.91 Å². The van der Waals surface area contributed by atoms with E-state index in [0.717, 1.165) is 19.0 Å². The van der Waals surface area contributed by atoms with Crippen molar-refractivity contribution in [3.05, 3.63) is 0 Å². The van der Waals surface area contributed by atoms with Gasteiger partial charge in [0.05, 0.1) is 0 Å². The van der Waals surface area contributed by atoms with Crippen LogP contribution in [0.3, 0.4) is 0 Å². The molecule has 3 heteroatoms. The maximum atomic E-state index is 11.6. The Morgan fingerprint density at radius 1 is 1.21 bits per heavy atom. The Hall–Kier alpha value is -0.570. The van der Waals surface area contributed by atoms with Crippen molar-refractivity contribution in [1.29, 1.82) is 0 Å². The molecule has 0 aliphatic heterocycles. The zero-order valence-electron chi connectivity index (χ0n) is 13.0. The SMILES string of the molecule is CCC1CCCC(NCCC(=O)NCC(C)C)CC1. The molecule has 0 aromatic heterocycles. The Bertz CT molecular complexity index is 253. The van der Waals surface area contributed by atoms with Crippen LogP contribution in [0.5, 0.6) is 0 Å². The molecule has 0 bridgehead atoms. The van der Waals surface area contributed by atoms with Crippen LogP contribution in [0, 0.1) is 11.8 Å². The summed E-state index contributed by atoms with van der Waals surface area (Å²) in [6.07, 6.45) is 8.59. The summed E-state index contributed by atoms with van der Waals surface area (Å²) < 4.78 is 0. The lowest BCUT2D eigenvalue weighted by Crippen LogP contribution is -2.34. The van der Waals surface area contributed by atoms with Crippen LogP contribution in [-0.2, 0) is 4.79 Å². The van der Waals surface area contributed by atoms with Gasteiger partial charge >= 0.3 is 0 Å². The third-order valence-electron chi connectivity index (χ3n) is 4.16. The van der Waals surface area contributed by atoms with Crippen LogP contribution >= 0.6 is 0 Å². The second kappa shape index (κ2) is 9.35. The van der Waals surface area contributed by atoms with E-state index in [-0.39, 0.29) is 5.91 Å². The van der Waals surface area contributed by atoms with Gasteiger partial charge in [0.25, 0.3) is 0 Å². The molecule has 19 heavy (non-hydrogen) atoms. The highest BCUT2D eigenvalue weighted by molar-refractivity contribution is 5.76. The van der Waals surface area contributed by atoms with E-state index in [2.05, 4.69) is 31.4 Å². The fourth-order valence-corrected chi connectivity index (χ4v) is 2.79. The largest absolute Gasteiger partial charge is 0.356 e. The van der Waals surface area contributed by atoms with E-state index >= 15 is 0 Å². The summed E-state index contributed by atoms with van der Waals surface area (Å²) in [5, 5.41) is 6.53. The van der Waals surface area contributed by atoms with Crippen molar-refractivity contribution >= 4 is 5.91 Å². The minimum Gasteiger partial charge on any atom is -0.356 e. The molecule has 112 valence electrons. The fraction of sp³-hybridized carbons (Fsp3) is 0.938. The number of carbonyl (C=O) groups excluding carboxylic acids is 1. The van der Waals surface area contributed by atoms with Crippen LogP contribution in [0.2, 0.25) is 0 Å². The lowest BCUT2D eigenvalue weighted by Gasteiger charge is -2.16. The van der Waals surface area contributed by atoms with Crippen LogP contribution in [0.1, 0.15) is 65.7 Å². The molecule has 1 aliphatic carbocycles. The fourth-order valence-electron chi connectivity index (χ4n) is 2.79. The first-order valence-electron chi connectivity index (χ1n) is 8.11. The zero-order chi connectivity index (χ0) is 14.1. The predicted octanol–water partition coefficient (Wildman–Crippen LogP) is 3.10. The first-order valence-corrected chi connectivity index (χ1v) is 8.11. The van der Waals surface area contributed by atoms with Crippen molar-refractivity contribution in [1.82, 2.24) is 10.6 Å². The molecule has 0 saturated heterocycles. The van der Waals surface area contributed by atoms with Gasteiger partial charge in [-0.05, 0) is 31.1 Å². The lowest BCUT2D eigenvalue weighted by atomic mass is 9.98. The summed E-state index contributed by atoms with van der Waals surface area (Å²) in [6, 6.07) is 0.634. The Balaban J connectivity index is 2.10. The summed E-state index contributed by atoms with van der Waals surface area (Å²) in [4.78, 5) is 11.6. The average Bonchev–Trinajstić information content (AvgIpc) is 2.61. The molecule has 1 amide bonds. The summed E-state index contributed by atoms with van der Waals surface area (Å²) >= 11 is 0. The van der Waals surface area contributed by atoms with Gasteiger partial charge in [-0.2, -0.15) is 0 Å². The van der Waals surface area contributed by atoms with Gasteiger partial charge in [-0.15, -0.1) is 0 Å². The second-order valence-corrected chi connectivity index (χ2v) is 6.38. The van der Waals surface area contributed by atoms with Gasteiger partial charge in [-0.3, -0.25) is 4.79 Å². The van der Waals surface area contributed by atoms with E-state index in [9.17, 15) is 4.79 Å². The molecular formula is C16H32N2O. The third-order valence-corrected chi connectivity index (χ3v) is 4.16. The van der Waals surface area contributed by atoms with Crippen molar-refractivity contribution in [3.63, 3.8) is 0 Å². The van der Waals surface area contributed by atoms with Gasteiger partial charge in [0.1, 0.15) is 0 Å². The molecule has 0 radical (unpaired) electrons. The summed E-state index contributed by atoms with van der Waals surface area (Å²) in [6.45, 7) is 8.16. The summed E-state index contributed by atoms with van der Waals surface area (Å²) in [5.74, 6) is 1.65. The van der Waals surface area contributed by atoms with E-state index in [0.29, 0.717) is 18.4 Å². The molecule has 1 saturated carbocycles. The van der Waals surface area contributed by atoms with Gasteiger partial charge in [-0.25, -0.2) is 0 Å². The van der Waals surface area contributed by atoms with Crippen molar-refractivity contribution in [2.45, 2.75) is 71.8 Å². The third kappa shape index (κ3) is 7.56. The van der Waals surface area contributed by atoms with E-state index in [4.69, 9.17) is 0 Å². The number of carbonyl (C=O) groups is 1. The predicted molar refractivity (Wildman–Crippen MR) is 81.1 cm³/mol. The van der Waals surface area contributed by atoms with E-state index in [1.165, 1.54) is 38.5 Å². The van der Waals surface area contributed by atoms with Crippen LogP contribution in [-0.4, -0.2) is 25.0 Å². The Morgan fingerprint density at radius 2 is 2.00 bits per heavy atom. The molecule has 0 aromatic carbocycles. The van der Waals surface area contributed by atoms with Crippen molar-refractivity contribution in [3.8, 4) is 0 Å². The first-order chi connectivity index (χ1) is 9.11. The number of nitrogens with one attached hydrogen (secondary N) is 2. The molecule has 0 spiro atoms. The van der Waals surface area contributed by atoms with Gasteiger partial charge in [0, 0.05) is 25.6 Å². The molecule has 1 fully saturated rings. The minimum absolute atomic E-state index is 0.182. The van der Waals surface area contributed by atoms with Gasteiger partial charge in [-0.1, -0.05) is 40.0 Å². The molecule has 3 nitrogen and oxygen atoms in total. The molecule has 1 rings (SSSR count). The molecule has 2 N–H and O–H groups in total. The molecule has 0 aromatic rings. The second-order valence-electron chi connectivity index (χ2n) is 6.38. The minimum atomic E-state index is 0.182. The molecule has 1 aliphatic rings. The number of hydrogen-bond acceptors (Lipinski definition) is 2. The van der Waals surface area contributed by atoms with Crippen LogP contribution in [0.15, 0.2) is 0 Å². The topological polar surface area (TPSA) is 41.1 Å². The summed E-state index contributed by atoms with van der Waals surface area (Å²) in [5.41, 5.74) is 0. The van der Waals surface area contributed by atoms with E-state index < -0.39 is 0 Å². The van der Waals surface area contributed by atoms with Crippen molar-refractivity contribution < 1.29 is 4.79 Å². The molecule has 2 unspecified atom stereocenters. The maximum absolute atomic E-state index is 11.6. The van der Waals surface area contributed by atoms with Crippen LogP contribution < -0.4 is 10.6 Å². The monoisotopic (exact) mass is 268 g/mol. The zero-order valence-corrected chi connectivity index (χ0v) is 13.0. The van der Waals surface area contributed by atoms with Crippen molar-refractivity contribution in [2.75, 3.05) is 13.1 Å². The number of hydrogen-bond donors (Lipinski definition) is 2. The number of rotatable bonds is 7. The van der Waals surface area contributed by atoms with Gasteiger partial charge in [0.15, 0.2) is 0 Å². The highest BCUT2D eigenvalue weighted by Gasteiger charge is 2.17. The van der Waals surface area contributed by atoms with Gasteiger partial charge < -0.3 is 10.6 Å². The van der Waals surface area contributed by atoms with Crippen LogP contribution in [0.25, 0.3) is 0 Å². The Morgan fingerprint density at radius 3 is 2.68 bits per heavy atom. The molecular weight excluding hydrogens is 236 g/mol. The van der Waals surface area contributed by atoms with Crippen LogP contribution in [0.4, 0.5) is 0 Å². The molecule has 2 atom stereocenters. The van der Waals surface area contributed by atoms with E-state index in [1.807, 2.05) is 0 Å². The quantitative estimate of drug-likeness (QED) is 0.697. The number of amides is 1. The Labute approximate surface area is 118 Å². The Kier molecular flexibility index (Phi) is 8.11.